The van der Waals surface area contributed by atoms with Crippen LogP contribution in [0.2, 0.25) is 0 Å². The minimum absolute atomic E-state index is 0.00974. The molecule has 1 saturated heterocycles. The van der Waals surface area contributed by atoms with Gasteiger partial charge in [0.25, 0.3) is 0 Å². The summed E-state index contributed by atoms with van der Waals surface area (Å²) in [5.41, 5.74) is 0. The van der Waals surface area contributed by atoms with Crippen LogP contribution in [0.15, 0.2) is 4.52 Å². The Balaban J connectivity index is 1.68. The molecule has 2 fully saturated rings. The van der Waals surface area contributed by atoms with Gasteiger partial charge in [-0.1, -0.05) is 5.16 Å². The van der Waals surface area contributed by atoms with Crippen molar-refractivity contribution in [3.8, 4) is 0 Å². The summed E-state index contributed by atoms with van der Waals surface area (Å²) in [6.45, 7) is 3.32. The van der Waals surface area contributed by atoms with Crippen molar-refractivity contribution < 1.29 is 14.1 Å². The number of nitrogens with zero attached hydrogens (tertiary/aromatic N) is 3. The lowest BCUT2D eigenvalue weighted by Crippen LogP contribution is -2.33. The Morgan fingerprint density at radius 3 is 3.05 bits per heavy atom. The molecular weight excluding hydrogens is 246 g/mol. The van der Waals surface area contributed by atoms with Gasteiger partial charge in [-0.05, 0) is 32.6 Å². The van der Waals surface area contributed by atoms with Crippen LogP contribution in [0.5, 0.6) is 0 Å². The van der Waals surface area contributed by atoms with Crippen LogP contribution >= 0.6 is 0 Å². The highest BCUT2D eigenvalue weighted by molar-refractivity contribution is 5.78. The number of hydrogen-bond donors (Lipinski definition) is 0. The minimum Gasteiger partial charge on any atom is -0.372 e. The van der Waals surface area contributed by atoms with Crippen molar-refractivity contribution in [1.82, 2.24) is 15.0 Å². The van der Waals surface area contributed by atoms with Crippen LogP contribution in [0.25, 0.3) is 0 Å². The number of rotatable bonds is 5. The lowest BCUT2D eigenvalue weighted by molar-refractivity contribution is -0.137. The van der Waals surface area contributed by atoms with Gasteiger partial charge in [-0.3, -0.25) is 4.79 Å². The average Bonchev–Trinajstić information content (AvgIpc) is 2.96. The average molecular weight is 265 g/mol. The quantitative estimate of drug-likeness (QED) is 0.809. The maximum atomic E-state index is 12.1. The molecule has 1 aliphatic heterocycles. The number of carbonyl (C=O) groups excluding carboxylic acids is 1. The van der Waals surface area contributed by atoms with Gasteiger partial charge in [0.2, 0.25) is 11.8 Å². The Kier molecular flexibility index (Phi) is 3.50. The van der Waals surface area contributed by atoms with E-state index in [9.17, 15) is 4.79 Å². The van der Waals surface area contributed by atoms with Crippen LogP contribution in [0, 0.1) is 0 Å². The molecule has 6 nitrogen and oxygen atoms in total. The number of likely N-dealkylation sites (tertiary alicyclic amines) is 1. The van der Waals surface area contributed by atoms with Gasteiger partial charge in [-0.25, -0.2) is 0 Å². The van der Waals surface area contributed by atoms with Crippen LogP contribution < -0.4 is 0 Å². The van der Waals surface area contributed by atoms with E-state index in [-0.39, 0.29) is 18.6 Å². The Morgan fingerprint density at radius 2 is 2.32 bits per heavy atom. The predicted octanol–water partition coefficient (Wildman–Crippen LogP) is 1.65. The van der Waals surface area contributed by atoms with Gasteiger partial charge in [-0.15, -0.1) is 0 Å². The highest BCUT2D eigenvalue weighted by atomic mass is 16.5. The molecule has 1 atom stereocenters. The molecule has 1 amide bonds. The standard InChI is InChI=1S/C13H19N3O3/c1-2-18-8-11(17)16-7-3-4-10(16)13-14-12(15-19-13)9-5-6-9/h9-10H,2-8H2,1H3. The van der Waals surface area contributed by atoms with Crippen molar-refractivity contribution in [2.75, 3.05) is 19.8 Å². The van der Waals surface area contributed by atoms with Crippen molar-refractivity contribution >= 4 is 5.91 Å². The molecule has 0 aromatic carbocycles. The molecule has 1 aromatic rings. The zero-order valence-corrected chi connectivity index (χ0v) is 11.2. The van der Waals surface area contributed by atoms with Crippen LogP contribution in [0.3, 0.4) is 0 Å². The number of ether oxygens (including phenoxy) is 1. The highest BCUT2D eigenvalue weighted by Gasteiger charge is 2.36. The van der Waals surface area contributed by atoms with Crippen LogP contribution in [0.4, 0.5) is 0 Å². The number of carbonyl (C=O) groups is 1. The van der Waals surface area contributed by atoms with E-state index in [4.69, 9.17) is 9.26 Å². The number of hydrogen-bond acceptors (Lipinski definition) is 5. The summed E-state index contributed by atoms with van der Waals surface area (Å²) in [5.74, 6) is 1.88. The summed E-state index contributed by atoms with van der Waals surface area (Å²) in [6.07, 6.45) is 4.17. The van der Waals surface area contributed by atoms with Crippen LogP contribution in [-0.4, -0.2) is 40.7 Å². The molecule has 0 bridgehead atoms. The van der Waals surface area contributed by atoms with Gasteiger partial charge in [0.05, 0.1) is 0 Å². The van der Waals surface area contributed by atoms with E-state index in [0.29, 0.717) is 18.4 Å². The molecule has 0 N–H and O–H groups in total. The highest BCUT2D eigenvalue weighted by Crippen LogP contribution is 2.39. The molecule has 1 unspecified atom stereocenters. The maximum Gasteiger partial charge on any atom is 0.249 e. The second-order valence-electron chi connectivity index (χ2n) is 5.15. The molecule has 0 spiro atoms. The number of amides is 1. The first kappa shape index (κ1) is 12.6. The van der Waals surface area contributed by atoms with E-state index in [1.165, 1.54) is 0 Å². The smallest absolute Gasteiger partial charge is 0.249 e. The largest absolute Gasteiger partial charge is 0.372 e. The lowest BCUT2D eigenvalue weighted by atomic mass is 10.2. The van der Waals surface area contributed by atoms with Gasteiger partial charge in [-0.2, -0.15) is 4.98 Å². The summed E-state index contributed by atoms with van der Waals surface area (Å²) in [7, 11) is 0. The van der Waals surface area contributed by atoms with E-state index in [1.54, 1.807) is 4.90 Å². The van der Waals surface area contributed by atoms with E-state index >= 15 is 0 Å². The van der Waals surface area contributed by atoms with Crippen molar-refractivity contribution in [2.45, 2.75) is 44.6 Å². The first-order valence-corrected chi connectivity index (χ1v) is 7.00. The Bertz CT molecular complexity index is 456. The number of aromatic nitrogens is 2. The third kappa shape index (κ3) is 2.63. The Labute approximate surface area is 112 Å². The predicted molar refractivity (Wildman–Crippen MR) is 66.5 cm³/mol. The second-order valence-corrected chi connectivity index (χ2v) is 5.15. The molecule has 104 valence electrons. The zero-order valence-electron chi connectivity index (χ0n) is 11.2. The fraction of sp³-hybridized carbons (Fsp3) is 0.769. The third-order valence-electron chi connectivity index (χ3n) is 3.69. The van der Waals surface area contributed by atoms with Gasteiger partial charge in [0.1, 0.15) is 12.6 Å². The van der Waals surface area contributed by atoms with Gasteiger partial charge in [0, 0.05) is 19.1 Å². The van der Waals surface area contributed by atoms with Gasteiger partial charge < -0.3 is 14.2 Å². The third-order valence-corrected chi connectivity index (χ3v) is 3.69. The summed E-state index contributed by atoms with van der Waals surface area (Å²) >= 11 is 0. The fourth-order valence-electron chi connectivity index (χ4n) is 2.48. The fourth-order valence-corrected chi connectivity index (χ4v) is 2.48. The Hall–Kier alpha value is -1.43. The van der Waals surface area contributed by atoms with E-state index in [1.807, 2.05) is 6.92 Å². The maximum absolute atomic E-state index is 12.1. The first-order chi connectivity index (χ1) is 9.29. The van der Waals surface area contributed by atoms with Gasteiger partial charge in [0.15, 0.2) is 5.82 Å². The summed E-state index contributed by atoms with van der Waals surface area (Å²) in [5, 5.41) is 4.02. The molecule has 3 rings (SSSR count). The van der Waals surface area contributed by atoms with Crippen molar-refractivity contribution in [2.24, 2.45) is 0 Å². The van der Waals surface area contributed by atoms with Crippen LogP contribution in [-0.2, 0) is 9.53 Å². The van der Waals surface area contributed by atoms with Crippen molar-refractivity contribution in [1.29, 1.82) is 0 Å². The molecular formula is C13H19N3O3. The van der Waals surface area contributed by atoms with E-state index < -0.39 is 0 Å². The molecule has 1 aliphatic carbocycles. The van der Waals surface area contributed by atoms with Crippen molar-refractivity contribution in [3.05, 3.63) is 11.7 Å². The zero-order chi connectivity index (χ0) is 13.2. The first-order valence-electron chi connectivity index (χ1n) is 7.00. The normalized spacial score (nSPS) is 23.0. The molecule has 6 heteroatoms. The topological polar surface area (TPSA) is 68.5 Å². The Morgan fingerprint density at radius 1 is 1.47 bits per heavy atom. The second kappa shape index (κ2) is 5.28. The summed E-state index contributed by atoms with van der Waals surface area (Å²) in [4.78, 5) is 18.3. The SMILES string of the molecule is CCOCC(=O)N1CCCC1c1nc(C2CC2)no1. The van der Waals surface area contributed by atoms with E-state index in [0.717, 1.165) is 38.1 Å². The summed E-state index contributed by atoms with van der Waals surface area (Å²) in [6, 6.07) is -0.0621. The summed E-state index contributed by atoms with van der Waals surface area (Å²) < 4.78 is 10.5. The molecule has 0 radical (unpaired) electrons. The molecule has 2 aliphatic rings. The molecule has 2 heterocycles. The van der Waals surface area contributed by atoms with E-state index in [2.05, 4.69) is 10.1 Å². The van der Waals surface area contributed by atoms with Crippen molar-refractivity contribution in [3.63, 3.8) is 0 Å². The van der Waals surface area contributed by atoms with Crippen LogP contribution in [0.1, 0.15) is 56.3 Å². The molecule has 1 saturated carbocycles. The van der Waals surface area contributed by atoms with Gasteiger partial charge >= 0.3 is 0 Å². The molecule has 19 heavy (non-hydrogen) atoms. The monoisotopic (exact) mass is 265 g/mol. The lowest BCUT2D eigenvalue weighted by Gasteiger charge is -2.21. The minimum atomic E-state index is -0.0621. The molecule has 1 aromatic heterocycles.